The van der Waals surface area contributed by atoms with Crippen LogP contribution in [0.4, 0.5) is 29.5 Å². The fraction of sp³-hybridized carbons (Fsp3) is 0.364. The summed E-state index contributed by atoms with van der Waals surface area (Å²) < 4.78 is 73.4. The Labute approximate surface area is 200 Å². The largest absolute Gasteiger partial charge is 0.434 e. The van der Waals surface area contributed by atoms with Gasteiger partial charge in [-0.2, -0.15) is 17.5 Å². The smallest absolute Gasteiger partial charge is 0.426 e. The van der Waals surface area contributed by atoms with Gasteiger partial charge in [-0.15, -0.1) is 5.92 Å². The monoisotopic (exact) mass is 509 g/mol. The summed E-state index contributed by atoms with van der Waals surface area (Å²) in [5.41, 5.74) is 3.11. The van der Waals surface area contributed by atoms with Gasteiger partial charge in [0.05, 0.1) is 6.54 Å². The summed E-state index contributed by atoms with van der Waals surface area (Å²) >= 11 is 0. The number of carbonyl (C=O) groups excluding carboxylic acids is 1. The average Bonchev–Trinajstić information content (AvgIpc) is 3.23. The SMILES string of the molecule is CC#CC1CN(S(=O)(=O)c2ccc(N)nc2)CCN1c1ccc(C2(C(F)(F)F)CNC(=O)O2)cc1. The third-order valence-electron chi connectivity index (χ3n) is 5.92. The molecule has 0 radical (unpaired) electrons. The summed E-state index contributed by atoms with van der Waals surface area (Å²) in [5, 5.41) is 2.07. The van der Waals surface area contributed by atoms with Crippen LogP contribution < -0.4 is 16.0 Å². The highest BCUT2D eigenvalue weighted by molar-refractivity contribution is 7.89. The summed E-state index contributed by atoms with van der Waals surface area (Å²) in [7, 11) is -3.84. The number of nitrogens with zero attached hydrogens (tertiary/aromatic N) is 3. The van der Waals surface area contributed by atoms with Crippen molar-refractivity contribution < 1.29 is 31.1 Å². The van der Waals surface area contributed by atoms with E-state index in [2.05, 4.69) is 26.9 Å². The maximum Gasteiger partial charge on any atom is 0.434 e. The molecule has 35 heavy (non-hydrogen) atoms. The Morgan fingerprint density at radius 3 is 2.46 bits per heavy atom. The lowest BCUT2D eigenvalue weighted by atomic mass is 9.93. The van der Waals surface area contributed by atoms with E-state index >= 15 is 0 Å². The maximum atomic E-state index is 13.8. The quantitative estimate of drug-likeness (QED) is 0.606. The molecule has 2 aliphatic heterocycles. The highest BCUT2D eigenvalue weighted by Crippen LogP contribution is 2.44. The molecule has 0 saturated carbocycles. The maximum absolute atomic E-state index is 13.8. The van der Waals surface area contributed by atoms with Gasteiger partial charge in [-0.25, -0.2) is 18.2 Å². The van der Waals surface area contributed by atoms with Crippen LogP contribution in [-0.4, -0.2) is 62.2 Å². The minimum Gasteiger partial charge on any atom is -0.426 e. The van der Waals surface area contributed by atoms with Crippen LogP contribution in [-0.2, 0) is 20.4 Å². The summed E-state index contributed by atoms with van der Waals surface area (Å²) in [6.45, 7) is 1.32. The third-order valence-corrected chi connectivity index (χ3v) is 7.77. The van der Waals surface area contributed by atoms with E-state index < -0.39 is 40.5 Å². The number of nitrogens with one attached hydrogen (secondary N) is 1. The molecule has 4 rings (SSSR count). The highest BCUT2D eigenvalue weighted by atomic mass is 32.2. The topological polar surface area (TPSA) is 118 Å². The van der Waals surface area contributed by atoms with Crippen molar-refractivity contribution in [2.45, 2.75) is 29.6 Å². The molecule has 2 atom stereocenters. The van der Waals surface area contributed by atoms with Crippen LogP contribution in [0.3, 0.4) is 0 Å². The number of hydrogen-bond donors (Lipinski definition) is 2. The molecule has 0 spiro atoms. The minimum atomic E-state index is -4.82. The van der Waals surface area contributed by atoms with Crippen molar-refractivity contribution in [3.63, 3.8) is 0 Å². The van der Waals surface area contributed by atoms with Gasteiger partial charge < -0.3 is 20.7 Å². The second-order valence-corrected chi connectivity index (χ2v) is 9.94. The molecule has 1 aromatic heterocycles. The van der Waals surface area contributed by atoms with E-state index in [0.29, 0.717) is 5.69 Å². The lowest BCUT2D eigenvalue weighted by Crippen LogP contribution is -2.54. The Hall–Kier alpha value is -3.50. The molecule has 2 aliphatic rings. The zero-order chi connectivity index (χ0) is 25.4. The van der Waals surface area contributed by atoms with Gasteiger partial charge in [0.15, 0.2) is 0 Å². The number of aromatic nitrogens is 1. The number of cyclic esters (lactones) is 1. The van der Waals surface area contributed by atoms with Crippen LogP contribution in [0, 0.1) is 11.8 Å². The van der Waals surface area contributed by atoms with Crippen molar-refractivity contribution in [3.05, 3.63) is 48.2 Å². The number of sulfonamides is 1. The summed E-state index contributed by atoms with van der Waals surface area (Å²) in [6, 6.07) is 7.70. The van der Waals surface area contributed by atoms with E-state index in [1.54, 1.807) is 6.92 Å². The Morgan fingerprint density at radius 1 is 1.20 bits per heavy atom. The van der Waals surface area contributed by atoms with Crippen molar-refractivity contribution in [1.29, 1.82) is 0 Å². The fourth-order valence-electron chi connectivity index (χ4n) is 4.10. The number of carbonyl (C=O) groups is 1. The van der Waals surface area contributed by atoms with Gasteiger partial charge in [-0.3, -0.25) is 0 Å². The van der Waals surface area contributed by atoms with Crippen LogP contribution in [0.1, 0.15) is 12.5 Å². The third kappa shape index (κ3) is 4.46. The van der Waals surface area contributed by atoms with E-state index in [4.69, 9.17) is 5.73 Å². The first-order valence-electron chi connectivity index (χ1n) is 10.5. The molecule has 3 heterocycles. The molecule has 13 heteroatoms. The van der Waals surface area contributed by atoms with Crippen LogP contribution in [0.5, 0.6) is 0 Å². The molecular formula is C22H22F3N5O4S. The zero-order valence-electron chi connectivity index (χ0n) is 18.5. The Kier molecular flexibility index (Phi) is 6.29. The van der Waals surface area contributed by atoms with Gasteiger partial charge >= 0.3 is 12.3 Å². The minimum absolute atomic E-state index is 0.00452. The van der Waals surface area contributed by atoms with E-state index in [1.165, 1.54) is 46.9 Å². The number of rotatable bonds is 4. The Balaban J connectivity index is 1.58. The molecule has 2 aromatic rings. The van der Waals surface area contributed by atoms with Crippen molar-refractivity contribution in [1.82, 2.24) is 14.6 Å². The number of alkyl carbamates (subject to hydrolysis) is 1. The number of benzene rings is 1. The first kappa shape index (κ1) is 24.6. The van der Waals surface area contributed by atoms with Crippen LogP contribution in [0.2, 0.25) is 0 Å². The number of nitrogens with two attached hydrogens (primary N) is 1. The number of hydrogen-bond acceptors (Lipinski definition) is 7. The predicted octanol–water partition coefficient (Wildman–Crippen LogP) is 2.06. The Morgan fingerprint density at radius 2 is 1.91 bits per heavy atom. The first-order chi connectivity index (χ1) is 16.5. The molecule has 2 saturated heterocycles. The number of piperazine rings is 1. The predicted molar refractivity (Wildman–Crippen MR) is 121 cm³/mol. The number of pyridine rings is 1. The van der Waals surface area contributed by atoms with Crippen LogP contribution in [0.15, 0.2) is 47.5 Å². The van der Waals surface area contributed by atoms with Gasteiger partial charge in [0.25, 0.3) is 5.60 Å². The van der Waals surface area contributed by atoms with Gasteiger partial charge in [-0.1, -0.05) is 18.1 Å². The van der Waals surface area contributed by atoms with Crippen LogP contribution >= 0.6 is 0 Å². The number of ether oxygens (including phenoxy) is 1. The number of anilines is 2. The number of halogens is 3. The molecule has 9 nitrogen and oxygen atoms in total. The van der Waals surface area contributed by atoms with Gasteiger partial charge in [0.1, 0.15) is 16.8 Å². The molecule has 1 aromatic carbocycles. The average molecular weight is 510 g/mol. The van der Waals surface area contributed by atoms with E-state index in [9.17, 15) is 26.4 Å². The molecule has 3 N–H and O–H groups in total. The summed E-state index contributed by atoms with van der Waals surface area (Å²) in [4.78, 5) is 17.1. The van der Waals surface area contributed by atoms with Gasteiger partial charge in [0, 0.05) is 37.1 Å². The van der Waals surface area contributed by atoms with Gasteiger partial charge in [-0.05, 0) is 31.2 Å². The zero-order valence-corrected chi connectivity index (χ0v) is 19.4. The van der Waals surface area contributed by atoms with E-state index in [1.807, 2.05) is 4.90 Å². The standard InChI is InChI=1S/C22H22F3N5O4S/c1-2-3-17-13-29(35(32,33)18-8-9-19(26)27-12-18)10-11-30(17)16-6-4-15(5-7-16)21(22(23,24)25)14-28-20(31)34-21/h4-9,12,17H,10-11,13-14H2,1H3,(H2,26,27)(H,28,31). The molecule has 2 unspecified atom stereocenters. The van der Waals surface area contributed by atoms with Crippen molar-refractivity contribution >= 4 is 27.6 Å². The van der Waals surface area contributed by atoms with E-state index in [0.717, 1.165) is 0 Å². The number of amides is 1. The van der Waals surface area contributed by atoms with Crippen molar-refractivity contribution in [2.75, 3.05) is 36.8 Å². The van der Waals surface area contributed by atoms with Crippen molar-refractivity contribution in [3.8, 4) is 11.8 Å². The molecule has 2 fully saturated rings. The lowest BCUT2D eigenvalue weighted by molar-refractivity contribution is -0.250. The molecule has 186 valence electrons. The Bertz CT molecular complexity index is 1270. The van der Waals surface area contributed by atoms with E-state index in [-0.39, 0.29) is 35.9 Å². The van der Waals surface area contributed by atoms with Crippen molar-refractivity contribution in [2.24, 2.45) is 0 Å². The second kappa shape index (κ2) is 8.94. The highest BCUT2D eigenvalue weighted by Gasteiger charge is 2.62. The number of alkyl halides is 3. The summed E-state index contributed by atoms with van der Waals surface area (Å²) in [6.07, 6.45) is -4.77. The normalized spacial score (nSPS) is 23.3. The first-order valence-corrected chi connectivity index (χ1v) is 12.0. The molecule has 1 amide bonds. The second-order valence-electron chi connectivity index (χ2n) is 8.00. The molecular weight excluding hydrogens is 487 g/mol. The molecule has 0 aliphatic carbocycles. The molecule has 0 bridgehead atoms. The van der Waals surface area contributed by atoms with Crippen LogP contribution in [0.25, 0.3) is 0 Å². The summed E-state index contributed by atoms with van der Waals surface area (Å²) in [5.74, 6) is 5.96. The van der Waals surface area contributed by atoms with Gasteiger partial charge in [0.2, 0.25) is 10.0 Å². The number of nitrogen functional groups attached to an aromatic ring is 1. The lowest BCUT2D eigenvalue weighted by Gasteiger charge is -2.40. The fourth-order valence-corrected chi connectivity index (χ4v) is 5.48.